The molecule has 3 nitrogen and oxygen atoms in total. The van der Waals surface area contributed by atoms with Crippen LogP contribution in [-0.2, 0) is 10.4 Å². The molecule has 3 heteroatoms. The maximum absolute atomic E-state index is 10.9. The van der Waals surface area contributed by atoms with Gasteiger partial charge in [0, 0.05) is 0 Å². The summed E-state index contributed by atoms with van der Waals surface area (Å²) in [6.45, 7) is 0. The third kappa shape index (κ3) is 1.10. The van der Waals surface area contributed by atoms with Gasteiger partial charge in [-0.25, -0.2) is 0 Å². The van der Waals surface area contributed by atoms with Gasteiger partial charge in [-0.15, -0.1) is 0 Å². The number of hydrogen-bond donors (Lipinski definition) is 2. The van der Waals surface area contributed by atoms with E-state index < -0.39 is 11.6 Å². The number of fused-ring (bicyclic) bond motifs is 1. The highest BCUT2D eigenvalue weighted by Gasteiger charge is 2.38. The number of hydrogen-bond acceptors (Lipinski definition) is 3. The van der Waals surface area contributed by atoms with Crippen molar-refractivity contribution >= 4 is 12.4 Å². The minimum absolute atomic E-state index is 0.500. The minimum Gasteiger partial charge on any atom is -0.376 e. The van der Waals surface area contributed by atoms with Crippen molar-refractivity contribution in [2.24, 2.45) is 5.73 Å². The van der Waals surface area contributed by atoms with E-state index in [2.05, 4.69) is 0 Å². The highest BCUT2D eigenvalue weighted by atomic mass is 16.3. The summed E-state index contributed by atoms with van der Waals surface area (Å²) in [5.41, 5.74) is 5.50. The van der Waals surface area contributed by atoms with Gasteiger partial charge < -0.3 is 10.8 Å². The lowest BCUT2D eigenvalue weighted by Gasteiger charge is -2.31. The highest BCUT2D eigenvalue weighted by Crippen LogP contribution is 2.30. The minimum atomic E-state index is -1.58. The highest BCUT2D eigenvalue weighted by molar-refractivity contribution is 5.75. The van der Waals surface area contributed by atoms with Crippen molar-refractivity contribution < 1.29 is 9.90 Å². The molecule has 1 aliphatic rings. The van der Waals surface area contributed by atoms with Gasteiger partial charge in [0.15, 0.2) is 11.9 Å². The van der Waals surface area contributed by atoms with E-state index in [0.717, 1.165) is 5.56 Å². The Morgan fingerprint density at radius 3 is 2.86 bits per heavy atom. The average Bonchev–Trinajstić information content (AvgIpc) is 2.24. The van der Waals surface area contributed by atoms with E-state index in [9.17, 15) is 9.90 Å². The molecule has 1 aromatic rings. The van der Waals surface area contributed by atoms with Crippen LogP contribution in [0.3, 0.4) is 0 Å². The molecule has 1 aromatic carbocycles. The molecule has 2 atom stereocenters. The average molecular weight is 189 g/mol. The zero-order valence-electron chi connectivity index (χ0n) is 7.55. The van der Waals surface area contributed by atoms with E-state index in [-0.39, 0.29) is 0 Å². The third-order valence-electron chi connectivity index (χ3n) is 2.56. The Labute approximate surface area is 81.9 Å². The van der Waals surface area contributed by atoms with Crippen LogP contribution in [0.5, 0.6) is 0 Å². The lowest BCUT2D eigenvalue weighted by atomic mass is 9.81. The monoisotopic (exact) mass is 189 g/mol. The van der Waals surface area contributed by atoms with Crippen molar-refractivity contribution in [3.63, 3.8) is 0 Å². The first-order chi connectivity index (χ1) is 6.68. The van der Waals surface area contributed by atoms with Gasteiger partial charge in [0.2, 0.25) is 0 Å². The molecular formula is C11H11NO2. The summed E-state index contributed by atoms with van der Waals surface area (Å²) in [5, 5.41) is 10.1. The number of aldehydes is 1. The van der Waals surface area contributed by atoms with Gasteiger partial charge in [0.25, 0.3) is 0 Å². The van der Waals surface area contributed by atoms with Gasteiger partial charge in [-0.1, -0.05) is 36.4 Å². The summed E-state index contributed by atoms with van der Waals surface area (Å²) in [6.07, 6.45) is 3.95. The maximum Gasteiger partial charge on any atom is 0.164 e. The van der Waals surface area contributed by atoms with Gasteiger partial charge in [-0.3, -0.25) is 4.79 Å². The lowest BCUT2D eigenvalue weighted by molar-refractivity contribution is -0.126. The van der Waals surface area contributed by atoms with Gasteiger partial charge in [0.05, 0.1) is 6.04 Å². The third-order valence-corrected chi connectivity index (χ3v) is 2.56. The number of benzene rings is 1. The molecule has 0 saturated carbocycles. The quantitative estimate of drug-likeness (QED) is 0.629. The molecule has 0 bridgehead atoms. The standard InChI is InChI=1S/C11H11NO2/c12-10-6-5-8-3-1-2-4-9(8)11(10,14)7-13/h1-7,10,14H,12H2. The fourth-order valence-corrected chi connectivity index (χ4v) is 1.68. The Balaban J connectivity index is 2.65. The molecule has 0 amide bonds. The SMILES string of the molecule is NC1C=Cc2ccccc2C1(O)C=O. The molecule has 0 radical (unpaired) electrons. The zero-order valence-corrected chi connectivity index (χ0v) is 7.55. The van der Waals surface area contributed by atoms with E-state index in [1.807, 2.05) is 18.2 Å². The van der Waals surface area contributed by atoms with Crippen LogP contribution in [0.2, 0.25) is 0 Å². The van der Waals surface area contributed by atoms with Crippen molar-refractivity contribution in [3.05, 3.63) is 41.5 Å². The number of nitrogens with two attached hydrogens (primary N) is 1. The summed E-state index contributed by atoms with van der Waals surface area (Å²) in [6, 6.07) is 6.51. The zero-order chi connectivity index (χ0) is 10.2. The van der Waals surface area contributed by atoms with E-state index >= 15 is 0 Å². The van der Waals surface area contributed by atoms with Crippen LogP contribution in [-0.4, -0.2) is 17.4 Å². The Morgan fingerprint density at radius 1 is 1.43 bits per heavy atom. The van der Waals surface area contributed by atoms with Gasteiger partial charge >= 0.3 is 0 Å². The second-order valence-electron chi connectivity index (χ2n) is 3.42. The summed E-state index contributed by atoms with van der Waals surface area (Å²) < 4.78 is 0. The molecule has 0 aromatic heterocycles. The first-order valence-corrected chi connectivity index (χ1v) is 4.40. The van der Waals surface area contributed by atoms with Gasteiger partial charge in [0.1, 0.15) is 0 Å². The number of carbonyl (C=O) groups excluding carboxylic acids is 1. The van der Waals surface area contributed by atoms with E-state index in [4.69, 9.17) is 5.73 Å². The molecule has 0 heterocycles. The number of rotatable bonds is 1. The lowest BCUT2D eigenvalue weighted by Crippen LogP contribution is -2.47. The Kier molecular flexibility index (Phi) is 1.98. The predicted molar refractivity (Wildman–Crippen MR) is 53.4 cm³/mol. The smallest absolute Gasteiger partial charge is 0.164 e. The van der Waals surface area contributed by atoms with Crippen molar-refractivity contribution in [2.75, 3.05) is 0 Å². The summed E-state index contributed by atoms with van der Waals surface area (Å²) in [7, 11) is 0. The fraction of sp³-hybridized carbons (Fsp3) is 0.182. The van der Waals surface area contributed by atoms with Crippen molar-refractivity contribution in [1.29, 1.82) is 0 Å². The molecule has 14 heavy (non-hydrogen) atoms. The first kappa shape index (κ1) is 9.12. The van der Waals surface area contributed by atoms with Crippen LogP contribution in [0.25, 0.3) is 6.08 Å². The van der Waals surface area contributed by atoms with Crippen molar-refractivity contribution in [1.82, 2.24) is 0 Å². The molecular weight excluding hydrogens is 178 g/mol. The Hall–Kier alpha value is -1.45. The fourth-order valence-electron chi connectivity index (χ4n) is 1.68. The molecule has 2 rings (SSSR count). The van der Waals surface area contributed by atoms with Crippen LogP contribution in [0.4, 0.5) is 0 Å². The Bertz CT molecular complexity index is 400. The maximum atomic E-state index is 10.9. The van der Waals surface area contributed by atoms with Crippen LogP contribution in [0.15, 0.2) is 30.3 Å². The van der Waals surface area contributed by atoms with Gasteiger partial charge in [-0.2, -0.15) is 0 Å². The topological polar surface area (TPSA) is 63.3 Å². The van der Waals surface area contributed by atoms with Crippen LogP contribution < -0.4 is 5.73 Å². The molecule has 1 aliphatic carbocycles. The van der Waals surface area contributed by atoms with Crippen molar-refractivity contribution in [3.8, 4) is 0 Å². The molecule has 0 fully saturated rings. The first-order valence-electron chi connectivity index (χ1n) is 4.40. The molecule has 0 spiro atoms. The molecule has 0 aliphatic heterocycles. The second kappa shape index (κ2) is 3.04. The summed E-state index contributed by atoms with van der Waals surface area (Å²) in [4.78, 5) is 10.9. The van der Waals surface area contributed by atoms with Crippen LogP contribution >= 0.6 is 0 Å². The molecule has 72 valence electrons. The van der Waals surface area contributed by atoms with Crippen LogP contribution in [0.1, 0.15) is 11.1 Å². The van der Waals surface area contributed by atoms with Crippen LogP contribution in [0, 0.1) is 0 Å². The Morgan fingerprint density at radius 2 is 2.14 bits per heavy atom. The van der Waals surface area contributed by atoms with Gasteiger partial charge in [-0.05, 0) is 11.1 Å². The molecule has 3 N–H and O–H groups in total. The van der Waals surface area contributed by atoms with Crippen molar-refractivity contribution in [2.45, 2.75) is 11.6 Å². The molecule has 0 saturated heterocycles. The predicted octanol–water partition coefficient (Wildman–Crippen LogP) is 0.427. The normalized spacial score (nSPS) is 29.7. The number of carbonyl (C=O) groups is 1. The largest absolute Gasteiger partial charge is 0.376 e. The van der Waals surface area contributed by atoms with E-state index in [1.54, 1.807) is 18.2 Å². The molecule has 2 unspecified atom stereocenters. The second-order valence-corrected chi connectivity index (χ2v) is 3.42. The summed E-state index contributed by atoms with van der Waals surface area (Å²) in [5.74, 6) is 0. The van der Waals surface area contributed by atoms with E-state index in [0.29, 0.717) is 11.8 Å². The van der Waals surface area contributed by atoms with E-state index in [1.165, 1.54) is 0 Å². The number of aliphatic hydroxyl groups is 1. The summed E-state index contributed by atoms with van der Waals surface area (Å²) >= 11 is 0.